The first kappa shape index (κ1) is 19.3. The normalized spacial score (nSPS) is 16.3. The fourth-order valence-electron chi connectivity index (χ4n) is 3.14. The van der Waals surface area contributed by atoms with Crippen molar-refractivity contribution in [2.24, 2.45) is 12.8 Å². The Morgan fingerprint density at radius 3 is 2.44 bits per heavy atom. The smallest absolute Gasteiger partial charge is 0.265 e. The molecule has 0 radical (unpaired) electrons. The third-order valence-electron chi connectivity index (χ3n) is 4.59. The number of hydrogen-bond acceptors (Lipinski definition) is 4. The molecule has 2 N–H and O–H groups in total. The van der Waals surface area contributed by atoms with Crippen LogP contribution in [0.1, 0.15) is 16.9 Å². The van der Waals surface area contributed by atoms with Gasteiger partial charge < -0.3 is 15.2 Å². The summed E-state index contributed by atoms with van der Waals surface area (Å²) >= 11 is 0. The van der Waals surface area contributed by atoms with Gasteiger partial charge in [-0.3, -0.25) is 4.79 Å². The Labute approximate surface area is 156 Å². The molecule has 1 saturated heterocycles. The van der Waals surface area contributed by atoms with Gasteiger partial charge in [0.1, 0.15) is 10.6 Å². The molecule has 1 aromatic heterocycles. The van der Waals surface area contributed by atoms with Gasteiger partial charge in [-0.25, -0.2) is 17.2 Å². The van der Waals surface area contributed by atoms with E-state index >= 15 is 0 Å². The lowest BCUT2D eigenvalue weighted by molar-refractivity contribution is 0.0992. The summed E-state index contributed by atoms with van der Waals surface area (Å²) in [6.07, 6.45) is 1.88. The van der Waals surface area contributed by atoms with E-state index in [0.717, 1.165) is 12.1 Å². The van der Waals surface area contributed by atoms with Crippen LogP contribution in [-0.2, 0) is 17.1 Å². The van der Waals surface area contributed by atoms with Crippen LogP contribution < -0.4 is 10.6 Å². The van der Waals surface area contributed by atoms with Crippen LogP contribution in [0, 0.1) is 11.6 Å². The number of primary amides is 1. The number of nitrogens with two attached hydrogens (primary N) is 1. The van der Waals surface area contributed by atoms with Gasteiger partial charge in [0, 0.05) is 51.2 Å². The van der Waals surface area contributed by atoms with E-state index in [1.165, 1.54) is 27.2 Å². The maximum Gasteiger partial charge on any atom is 0.265 e. The molecule has 0 saturated carbocycles. The van der Waals surface area contributed by atoms with Crippen LogP contribution in [0.25, 0.3) is 0 Å². The molecule has 1 aliphatic heterocycles. The highest BCUT2D eigenvalue weighted by atomic mass is 32.2. The summed E-state index contributed by atoms with van der Waals surface area (Å²) in [5.74, 6) is -2.57. The van der Waals surface area contributed by atoms with Crippen LogP contribution in [0.5, 0.6) is 0 Å². The molecule has 0 aliphatic carbocycles. The summed E-state index contributed by atoms with van der Waals surface area (Å²) in [5.41, 5.74) is 5.85. The second-order valence-corrected chi connectivity index (χ2v) is 8.32. The average Bonchev–Trinajstić information content (AvgIpc) is 2.85. The van der Waals surface area contributed by atoms with Crippen molar-refractivity contribution in [3.05, 3.63) is 47.8 Å². The van der Waals surface area contributed by atoms with E-state index in [-0.39, 0.29) is 23.7 Å². The van der Waals surface area contributed by atoms with Gasteiger partial charge in [0.2, 0.25) is 10.0 Å². The van der Waals surface area contributed by atoms with Crippen LogP contribution in [0.3, 0.4) is 0 Å². The van der Waals surface area contributed by atoms with E-state index in [2.05, 4.69) is 0 Å². The summed E-state index contributed by atoms with van der Waals surface area (Å²) in [4.78, 5) is 13.2. The molecule has 1 fully saturated rings. The van der Waals surface area contributed by atoms with E-state index < -0.39 is 27.6 Å². The number of aromatic nitrogens is 1. The molecule has 0 atom stereocenters. The summed E-state index contributed by atoms with van der Waals surface area (Å²) in [6, 6.07) is 4.89. The Morgan fingerprint density at radius 2 is 1.81 bits per heavy atom. The number of carbonyl (C=O) groups is 1. The van der Waals surface area contributed by atoms with E-state index in [1.54, 1.807) is 7.05 Å². The van der Waals surface area contributed by atoms with Gasteiger partial charge in [0.15, 0.2) is 11.6 Å². The highest BCUT2D eigenvalue weighted by Crippen LogP contribution is 2.23. The topological polar surface area (TPSA) is 88.6 Å². The molecule has 1 aliphatic rings. The summed E-state index contributed by atoms with van der Waals surface area (Å²) in [5, 5.41) is 0. The van der Waals surface area contributed by atoms with E-state index in [9.17, 15) is 22.0 Å². The SMILES string of the molecule is Cn1cc(S(=O)(=O)N2CCCN(c3ccc(F)c(F)c3)CC2)cc1C(N)=O. The third kappa shape index (κ3) is 3.81. The quantitative estimate of drug-likeness (QED) is 0.841. The van der Waals surface area contributed by atoms with Crippen LogP contribution >= 0.6 is 0 Å². The largest absolute Gasteiger partial charge is 0.370 e. The number of halogens is 2. The van der Waals surface area contributed by atoms with Crippen molar-refractivity contribution in [2.45, 2.75) is 11.3 Å². The number of amides is 1. The Bertz CT molecular complexity index is 975. The number of sulfonamides is 1. The minimum absolute atomic E-state index is 0.0000710. The lowest BCUT2D eigenvalue weighted by Gasteiger charge is -2.23. The highest BCUT2D eigenvalue weighted by molar-refractivity contribution is 7.89. The van der Waals surface area contributed by atoms with Gasteiger partial charge in [0.05, 0.1) is 0 Å². The summed E-state index contributed by atoms with van der Waals surface area (Å²) < 4.78 is 55.1. The van der Waals surface area contributed by atoms with Crippen molar-refractivity contribution in [3.8, 4) is 0 Å². The van der Waals surface area contributed by atoms with E-state index in [4.69, 9.17) is 5.73 Å². The molecule has 146 valence electrons. The molecule has 2 heterocycles. The molecular formula is C17H20F2N4O3S. The minimum atomic E-state index is -3.80. The van der Waals surface area contributed by atoms with Crippen LogP contribution in [-0.4, -0.2) is 49.4 Å². The van der Waals surface area contributed by atoms with Gasteiger partial charge in [-0.2, -0.15) is 4.31 Å². The number of rotatable bonds is 4. The van der Waals surface area contributed by atoms with Gasteiger partial charge >= 0.3 is 0 Å². The Hall–Kier alpha value is -2.46. The molecule has 2 aromatic rings. The Morgan fingerprint density at radius 1 is 1.07 bits per heavy atom. The standard InChI is InChI=1S/C17H20F2N4O3S/c1-21-11-13(10-16(21)17(20)24)27(25,26)23-6-2-5-22(7-8-23)12-3-4-14(18)15(19)9-12/h3-4,9-11H,2,5-8H2,1H3,(H2,20,24). The molecule has 1 amide bonds. The number of hydrogen-bond donors (Lipinski definition) is 1. The predicted octanol–water partition coefficient (Wildman–Crippen LogP) is 1.30. The number of benzene rings is 1. The highest BCUT2D eigenvalue weighted by Gasteiger charge is 2.29. The number of aryl methyl sites for hydroxylation is 1. The first-order valence-corrected chi connectivity index (χ1v) is 9.80. The van der Waals surface area contributed by atoms with Crippen molar-refractivity contribution in [1.29, 1.82) is 0 Å². The fourth-order valence-corrected chi connectivity index (χ4v) is 4.68. The predicted molar refractivity (Wildman–Crippen MR) is 95.9 cm³/mol. The lowest BCUT2D eigenvalue weighted by atomic mass is 10.2. The van der Waals surface area contributed by atoms with E-state index in [0.29, 0.717) is 25.2 Å². The number of carbonyl (C=O) groups excluding carboxylic acids is 1. The monoisotopic (exact) mass is 398 g/mol. The molecule has 1 aromatic carbocycles. The summed E-state index contributed by atoms with van der Waals surface area (Å²) in [7, 11) is -2.25. The second-order valence-electron chi connectivity index (χ2n) is 6.38. The van der Waals surface area contributed by atoms with Crippen molar-refractivity contribution in [3.63, 3.8) is 0 Å². The lowest BCUT2D eigenvalue weighted by Crippen LogP contribution is -2.35. The molecule has 10 heteroatoms. The minimum Gasteiger partial charge on any atom is -0.370 e. The number of anilines is 1. The zero-order chi connectivity index (χ0) is 19.8. The molecular weight excluding hydrogens is 378 g/mol. The van der Waals surface area contributed by atoms with Gasteiger partial charge in [-0.15, -0.1) is 0 Å². The zero-order valence-corrected chi connectivity index (χ0v) is 15.5. The molecule has 3 rings (SSSR count). The van der Waals surface area contributed by atoms with Gasteiger partial charge in [0.25, 0.3) is 5.91 Å². The van der Waals surface area contributed by atoms with Gasteiger partial charge in [-0.05, 0) is 24.6 Å². The molecule has 0 spiro atoms. The zero-order valence-electron chi connectivity index (χ0n) is 14.7. The Kier molecular flexibility index (Phi) is 5.20. The van der Waals surface area contributed by atoms with Crippen molar-refractivity contribution in [1.82, 2.24) is 8.87 Å². The molecule has 7 nitrogen and oxygen atoms in total. The molecule has 0 bridgehead atoms. The molecule has 0 unspecified atom stereocenters. The maximum atomic E-state index is 13.5. The van der Waals surface area contributed by atoms with Crippen LogP contribution in [0.15, 0.2) is 35.4 Å². The average molecular weight is 398 g/mol. The van der Waals surface area contributed by atoms with Crippen LogP contribution in [0.2, 0.25) is 0 Å². The van der Waals surface area contributed by atoms with Crippen molar-refractivity contribution < 1.29 is 22.0 Å². The first-order valence-electron chi connectivity index (χ1n) is 8.36. The second kappa shape index (κ2) is 7.28. The Balaban J connectivity index is 1.79. The van der Waals surface area contributed by atoms with Crippen molar-refractivity contribution in [2.75, 3.05) is 31.1 Å². The van der Waals surface area contributed by atoms with Gasteiger partial charge in [-0.1, -0.05) is 0 Å². The number of nitrogens with zero attached hydrogens (tertiary/aromatic N) is 3. The van der Waals surface area contributed by atoms with Crippen molar-refractivity contribution >= 4 is 21.6 Å². The fraction of sp³-hybridized carbons (Fsp3) is 0.353. The summed E-state index contributed by atoms with van der Waals surface area (Å²) in [6.45, 7) is 1.31. The molecule has 27 heavy (non-hydrogen) atoms. The maximum absolute atomic E-state index is 13.5. The third-order valence-corrected chi connectivity index (χ3v) is 6.46. The first-order chi connectivity index (χ1) is 12.7. The van der Waals surface area contributed by atoms with E-state index in [1.807, 2.05) is 4.90 Å². The van der Waals surface area contributed by atoms with Crippen LogP contribution in [0.4, 0.5) is 14.5 Å².